The fraction of sp³-hybridized carbons (Fsp3) is 0.632. The summed E-state index contributed by atoms with van der Waals surface area (Å²) in [6.45, 7) is 2.16. The number of piperazine rings is 1. The predicted octanol–water partition coefficient (Wildman–Crippen LogP) is 1.39. The maximum Gasteiger partial charge on any atom is 0.293 e. The van der Waals surface area contributed by atoms with Crippen molar-refractivity contribution in [2.24, 2.45) is 0 Å². The number of nitrogens with zero attached hydrogens (tertiary/aromatic N) is 3. The summed E-state index contributed by atoms with van der Waals surface area (Å²) in [5.74, 6) is -0.0914. The van der Waals surface area contributed by atoms with Crippen molar-refractivity contribution in [1.82, 2.24) is 14.5 Å². The van der Waals surface area contributed by atoms with E-state index in [0.29, 0.717) is 26.2 Å². The van der Waals surface area contributed by atoms with Gasteiger partial charge in [0.2, 0.25) is 15.9 Å². The first-order chi connectivity index (χ1) is 14.3. The number of carbonyl (C=O) groups is 1. The fourth-order valence-electron chi connectivity index (χ4n) is 3.83. The van der Waals surface area contributed by atoms with E-state index in [4.69, 9.17) is 0 Å². The first-order valence-corrected chi connectivity index (χ1v) is 11.7. The third-order valence-corrected chi connectivity index (χ3v) is 7.55. The lowest BCUT2D eigenvalue weighted by atomic mass is 10.2. The number of likely N-dealkylation sites (N-methyl/N-ethyl adjacent to an activating group) is 1. The standard InChI is InChI=1S/C19H29N5O5S/c1-22-10-12-23(13-11-22)30(28,29)16-6-7-17(18(14-16)24(26)27)20-9-8-19(25)21-15-4-2-3-5-15/h6-7,14-15,20H,2-5,8-13H2,1H3,(H,21,25). The summed E-state index contributed by atoms with van der Waals surface area (Å²) in [6.07, 6.45) is 4.42. The maximum atomic E-state index is 12.9. The molecule has 0 spiro atoms. The van der Waals surface area contributed by atoms with Crippen LogP contribution in [0.15, 0.2) is 23.1 Å². The highest BCUT2D eigenvalue weighted by Crippen LogP contribution is 2.29. The monoisotopic (exact) mass is 439 g/mol. The van der Waals surface area contributed by atoms with Crippen LogP contribution in [-0.4, -0.2) is 74.3 Å². The normalized spacial score (nSPS) is 19.0. The average molecular weight is 440 g/mol. The zero-order chi connectivity index (χ0) is 21.7. The van der Waals surface area contributed by atoms with E-state index in [1.54, 1.807) is 0 Å². The lowest BCUT2D eigenvalue weighted by Gasteiger charge is -2.31. The van der Waals surface area contributed by atoms with Gasteiger partial charge in [-0.15, -0.1) is 0 Å². The maximum absolute atomic E-state index is 12.9. The predicted molar refractivity (Wildman–Crippen MR) is 113 cm³/mol. The molecule has 11 heteroatoms. The molecule has 2 fully saturated rings. The zero-order valence-electron chi connectivity index (χ0n) is 17.2. The van der Waals surface area contributed by atoms with Gasteiger partial charge in [-0.3, -0.25) is 14.9 Å². The van der Waals surface area contributed by atoms with Crippen molar-refractivity contribution in [3.8, 4) is 0 Å². The summed E-state index contributed by atoms with van der Waals surface area (Å²) in [5, 5.41) is 17.4. The second-order valence-corrected chi connectivity index (χ2v) is 9.81. The van der Waals surface area contributed by atoms with Crippen LogP contribution in [-0.2, 0) is 14.8 Å². The molecule has 1 aliphatic carbocycles. The Balaban J connectivity index is 1.64. The molecule has 0 bridgehead atoms. The van der Waals surface area contributed by atoms with Crippen LogP contribution in [0.1, 0.15) is 32.1 Å². The van der Waals surface area contributed by atoms with Crippen molar-refractivity contribution < 1.29 is 18.1 Å². The largest absolute Gasteiger partial charge is 0.379 e. The Kier molecular flexibility index (Phi) is 7.27. The van der Waals surface area contributed by atoms with Crippen LogP contribution in [0, 0.1) is 10.1 Å². The van der Waals surface area contributed by atoms with Gasteiger partial charge >= 0.3 is 0 Å². The minimum absolute atomic E-state index is 0.0914. The number of rotatable bonds is 8. The quantitative estimate of drug-likeness (QED) is 0.463. The number of carbonyl (C=O) groups excluding carboxylic acids is 1. The Morgan fingerprint density at radius 2 is 1.87 bits per heavy atom. The lowest BCUT2D eigenvalue weighted by Crippen LogP contribution is -2.47. The van der Waals surface area contributed by atoms with E-state index in [1.165, 1.54) is 16.4 Å². The molecular weight excluding hydrogens is 410 g/mol. The highest BCUT2D eigenvalue weighted by atomic mass is 32.2. The SMILES string of the molecule is CN1CCN(S(=O)(=O)c2ccc(NCCC(=O)NC3CCCC3)c([N+](=O)[O-])c2)CC1. The van der Waals surface area contributed by atoms with Gasteiger partial charge in [0, 0.05) is 51.3 Å². The number of amides is 1. The van der Waals surface area contributed by atoms with Crippen LogP contribution < -0.4 is 10.6 Å². The Bertz CT molecular complexity index is 877. The van der Waals surface area contributed by atoms with E-state index in [2.05, 4.69) is 10.6 Å². The molecule has 1 aliphatic heterocycles. The van der Waals surface area contributed by atoms with Crippen molar-refractivity contribution in [2.45, 2.75) is 43.0 Å². The number of hydrogen-bond acceptors (Lipinski definition) is 7. The van der Waals surface area contributed by atoms with Gasteiger partial charge in [-0.25, -0.2) is 8.42 Å². The van der Waals surface area contributed by atoms with Gasteiger partial charge in [0.15, 0.2) is 0 Å². The Labute approximate surface area is 176 Å². The molecule has 1 saturated heterocycles. The molecule has 2 N–H and O–H groups in total. The summed E-state index contributed by atoms with van der Waals surface area (Å²) in [5.41, 5.74) is -0.118. The number of anilines is 1. The summed E-state index contributed by atoms with van der Waals surface area (Å²) >= 11 is 0. The van der Waals surface area contributed by atoms with Crippen molar-refractivity contribution in [2.75, 3.05) is 45.1 Å². The van der Waals surface area contributed by atoms with E-state index in [1.807, 2.05) is 11.9 Å². The summed E-state index contributed by atoms with van der Waals surface area (Å²) in [7, 11) is -1.88. The number of nitro benzene ring substituents is 1. The van der Waals surface area contributed by atoms with Crippen LogP contribution >= 0.6 is 0 Å². The van der Waals surface area contributed by atoms with Gasteiger partial charge in [-0.1, -0.05) is 12.8 Å². The first kappa shape index (κ1) is 22.4. The minimum atomic E-state index is -3.80. The Hall–Kier alpha value is -2.24. The van der Waals surface area contributed by atoms with Crippen molar-refractivity contribution in [3.63, 3.8) is 0 Å². The molecule has 10 nitrogen and oxygen atoms in total. The molecule has 0 radical (unpaired) electrons. The molecule has 0 atom stereocenters. The fourth-order valence-corrected chi connectivity index (χ4v) is 5.27. The number of benzene rings is 1. The smallest absolute Gasteiger partial charge is 0.293 e. The molecular formula is C19H29N5O5S. The van der Waals surface area contributed by atoms with E-state index in [0.717, 1.165) is 31.7 Å². The average Bonchev–Trinajstić information content (AvgIpc) is 3.21. The van der Waals surface area contributed by atoms with Crippen LogP contribution in [0.2, 0.25) is 0 Å². The highest BCUT2D eigenvalue weighted by molar-refractivity contribution is 7.89. The van der Waals surface area contributed by atoms with Crippen molar-refractivity contribution in [3.05, 3.63) is 28.3 Å². The van der Waals surface area contributed by atoms with Gasteiger partial charge in [0.1, 0.15) is 5.69 Å². The van der Waals surface area contributed by atoms with Crippen LogP contribution in [0.3, 0.4) is 0 Å². The number of hydrogen-bond donors (Lipinski definition) is 2. The molecule has 3 rings (SSSR count). The summed E-state index contributed by atoms with van der Waals surface area (Å²) < 4.78 is 27.1. The Morgan fingerprint density at radius 3 is 2.50 bits per heavy atom. The van der Waals surface area contributed by atoms with E-state index in [-0.39, 0.29) is 41.2 Å². The molecule has 2 aliphatic rings. The van der Waals surface area contributed by atoms with Crippen molar-refractivity contribution >= 4 is 27.3 Å². The zero-order valence-corrected chi connectivity index (χ0v) is 18.0. The first-order valence-electron chi connectivity index (χ1n) is 10.3. The molecule has 0 aromatic heterocycles. The number of nitro groups is 1. The highest BCUT2D eigenvalue weighted by Gasteiger charge is 2.29. The van der Waals surface area contributed by atoms with Crippen LogP contribution in [0.25, 0.3) is 0 Å². The molecule has 1 aromatic carbocycles. The summed E-state index contributed by atoms with van der Waals surface area (Å²) in [6, 6.07) is 4.09. The van der Waals surface area contributed by atoms with Crippen LogP contribution in [0.4, 0.5) is 11.4 Å². The molecule has 1 amide bonds. The molecule has 1 aromatic rings. The topological polar surface area (TPSA) is 125 Å². The molecule has 30 heavy (non-hydrogen) atoms. The van der Waals surface area contributed by atoms with Gasteiger partial charge in [-0.05, 0) is 32.0 Å². The van der Waals surface area contributed by atoms with E-state index >= 15 is 0 Å². The van der Waals surface area contributed by atoms with E-state index in [9.17, 15) is 23.3 Å². The number of sulfonamides is 1. The lowest BCUT2D eigenvalue weighted by molar-refractivity contribution is -0.384. The van der Waals surface area contributed by atoms with Crippen LogP contribution in [0.5, 0.6) is 0 Å². The third kappa shape index (κ3) is 5.46. The molecule has 0 unspecified atom stereocenters. The van der Waals surface area contributed by atoms with Gasteiger partial charge in [0.05, 0.1) is 9.82 Å². The molecule has 166 valence electrons. The van der Waals surface area contributed by atoms with E-state index < -0.39 is 14.9 Å². The second-order valence-electron chi connectivity index (χ2n) is 7.87. The molecule has 1 saturated carbocycles. The van der Waals surface area contributed by atoms with Crippen molar-refractivity contribution in [1.29, 1.82) is 0 Å². The minimum Gasteiger partial charge on any atom is -0.379 e. The number of nitrogens with one attached hydrogen (secondary N) is 2. The Morgan fingerprint density at radius 1 is 1.20 bits per heavy atom. The van der Waals surface area contributed by atoms with Gasteiger partial charge < -0.3 is 15.5 Å². The second kappa shape index (κ2) is 9.71. The molecule has 1 heterocycles. The summed E-state index contributed by atoms with van der Waals surface area (Å²) in [4.78, 5) is 24.9. The van der Waals surface area contributed by atoms with Gasteiger partial charge in [0.25, 0.3) is 5.69 Å². The van der Waals surface area contributed by atoms with Gasteiger partial charge in [-0.2, -0.15) is 4.31 Å². The third-order valence-electron chi connectivity index (χ3n) is 5.65.